The molecule has 1 saturated heterocycles. The molecular formula is C9H12ClF4NO2. The number of rotatable bonds is 1. The number of alkyl halides is 5. The average Bonchev–Trinajstić information content (AvgIpc) is 2.39. The molecule has 0 saturated carbocycles. The summed E-state index contributed by atoms with van der Waals surface area (Å²) in [6, 6.07) is 0. The van der Waals surface area contributed by atoms with Crippen molar-refractivity contribution in [1.82, 2.24) is 4.90 Å². The third-order valence-electron chi connectivity index (χ3n) is 2.89. The van der Waals surface area contributed by atoms with Crippen molar-refractivity contribution in [3.8, 4) is 0 Å². The maximum Gasteiger partial charge on any atom is 0.420 e. The summed E-state index contributed by atoms with van der Waals surface area (Å²) in [5.74, 6) is -0.938. The van der Waals surface area contributed by atoms with Crippen LogP contribution in [-0.4, -0.2) is 52.8 Å². The summed E-state index contributed by atoms with van der Waals surface area (Å²) in [5.41, 5.74) is -3.38. The minimum Gasteiger partial charge on any atom is -0.378 e. The Morgan fingerprint density at radius 2 is 2.06 bits per heavy atom. The van der Waals surface area contributed by atoms with E-state index < -0.39 is 36.7 Å². The number of halogens is 5. The summed E-state index contributed by atoms with van der Waals surface area (Å²) in [4.78, 5) is 12.2. The highest BCUT2D eigenvalue weighted by molar-refractivity contribution is 6.27. The fourth-order valence-electron chi connectivity index (χ4n) is 1.74. The van der Waals surface area contributed by atoms with Gasteiger partial charge in [0.2, 0.25) is 5.91 Å². The standard InChI is InChI=1S/C9H12ClF4NO2/c10-5-7(16)15-3-1-6(11)8(17,2-4-15)9(12,13)14/h6,17H,1-5H2. The number of aliphatic hydroxyl groups is 1. The predicted molar refractivity (Wildman–Crippen MR) is 52.4 cm³/mol. The van der Waals surface area contributed by atoms with Crippen LogP contribution in [0, 0.1) is 0 Å². The number of hydrogen-bond donors (Lipinski definition) is 1. The van der Waals surface area contributed by atoms with Crippen LogP contribution in [0.4, 0.5) is 17.6 Å². The second kappa shape index (κ2) is 4.97. The van der Waals surface area contributed by atoms with E-state index in [9.17, 15) is 27.5 Å². The van der Waals surface area contributed by atoms with Crippen LogP contribution in [0.1, 0.15) is 12.8 Å². The van der Waals surface area contributed by atoms with E-state index >= 15 is 0 Å². The molecule has 1 heterocycles. The van der Waals surface area contributed by atoms with Gasteiger partial charge in [-0.25, -0.2) is 4.39 Å². The van der Waals surface area contributed by atoms with E-state index in [1.54, 1.807) is 0 Å². The molecule has 1 aliphatic heterocycles. The first kappa shape index (κ1) is 14.5. The Hall–Kier alpha value is -0.560. The molecule has 1 aliphatic rings. The number of carbonyl (C=O) groups is 1. The van der Waals surface area contributed by atoms with Crippen LogP contribution in [0.5, 0.6) is 0 Å². The molecule has 2 unspecified atom stereocenters. The molecule has 8 heteroatoms. The van der Waals surface area contributed by atoms with Gasteiger partial charge in [-0.15, -0.1) is 11.6 Å². The van der Waals surface area contributed by atoms with E-state index in [2.05, 4.69) is 0 Å². The first-order chi connectivity index (χ1) is 7.72. The molecule has 0 aliphatic carbocycles. The Morgan fingerprint density at radius 3 is 2.53 bits per heavy atom. The van der Waals surface area contributed by atoms with Crippen molar-refractivity contribution in [1.29, 1.82) is 0 Å². The Bertz CT molecular complexity index is 299. The first-order valence-corrected chi connectivity index (χ1v) is 5.52. The zero-order valence-electron chi connectivity index (χ0n) is 8.81. The van der Waals surface area contributed by atoms with Gasteiger partial charge in [-0.1, -0.05) is 0 Å². The zero-order valence-corrected chi connectivity index (χ0v) is 9.56. The molecular weight excluding hydrogens is 266 g/mol. The van der Waals surface area contributed by atoms with Gasteiger partial charge < -0.3 is 10.0 Å². The van der Waals surface area contributed by atoms with Crippen molar-refractivity contribution >= 4 is 17.5 Å². The molecule has 0 spiro atoms. The first-order valence-electron chi connectivity index (χ1n) is 4.99. The van der Waals surface area contributed by atoms with Gasteiger partial charge in [0, 0.05) is 19.5 Å². The SMILES string of the molecule is O=C(CCl)N1CCC(F)C(O)(C(F)(F)F)CC1. The van der Waals surface area contributed by atoms with Crippen LogP contribution in [0.2, 0.25) is 0 Å². The van der Waals surface area contributed by atoms with E-state index in [-0.39, 0.29) is 19.0 Å². The Morgan fingerprint density at radius 1 is 1.47 bits per heavy atom. The van der Waals surface area contributed by atoms with Crippen LogP contribution >= 0.6 is 11.6 Å². The molecule has 100 valence electrons. The lowest BCUT2D eigenvalue weighted by Gasteiger charge is -2.31. The molecule has 2 atom stereocenters. The van der Waals surface area contributed by atoms with Crippen LogP contribution < -0.4 is 0 Å². The van der Waals surface area contributed by atoms with E-state index in [1.807, 2.05) is 0 Å². The van der Waals surface area contributed by atoms with Crippen LogP contribution in [0.15, 0.2) is 0 Å². The summed E-state index contributed by atoms with van der Waals surface area (Å²) < 4.78 is 51.0. The molecule has 1 fully saturated rings. The van der Waals surface area contributed by atoms with Crippen molar-refractivity contribution in [2.24, 2.45) is 0 Å². The van der Waals surface area contributed by atoms with Gasteiger partial charge in [0.05, 0.1) is 0 Å². The quantitative estimate of drug-likeness (QED) is 0.583. The summed E-state index contributed by atoms with van der Waals surface area (Å²) in [6.45, 7) is -0.535. The lowest BCUT2D eigenvalue weighted by atomic mass is 9.92. The van der Waals surface area contributed by atoms with Gasteiger partial charge in [0.25, 0.3) is 0 Å². The summed E-state index contributed by atoms with van der Waals surface area (Å²) >= 11 is 5.27. The van der Waals surface area contributed by atoms with Gasteiger partial charge in [0.1, 0.15) is 12.1 Å². The summed E-state index contributed by atoms with van der Waals surface area (Å²) in [7, 11) is 0. The number of hydrogen-bond acceptors (Lipinski definition) is 2. The maximum atomic E-state index is 13.4. The minimum absolute atomic E-state index is 0.175. The molecule has 17 heavy (non-hydrogen) atoms. The molecule has 0 radical (unpaired) electrons. The summed E-state index contributed by atoms with van der Waals surface area (Å²) in [5, 5.41) is 9.36. The molecule has 1 N–H and O–H groups in total. The van der Waals surface area contributed by atoms with Gasteiger partial charge in [-0.2, -0.15) is 13.2 Å². The molecule has 3 nitrogen and oxygen atoms in total. The predicted octanol–water partition coefficient (Wildman–Crippen LogP) is 1.48. The molecule has 1 amide bonds. The fraction of sp³-hybridized carbons (Fsp3) is 0.889. The minimum atomic E-state index is -5.05. The highest BCUT2D eigenvalue weighted by atomic mass is 35.5. The highest BCUT2D eigenvalue weighted by Gasteiger charge is 2.59. The van der Waals surface area contributed by atoms with Crippen molar-refractivity contribution in [2.45, 2.75) is 30.8 Å². The van der Waals surface area contributed by atoms with Crippen LogP contribution in [0.25, 0.3) is 0 Å². The molecule has 1 rings (SSSR count). The average molecular weight is 278 g/mol. The van der Waals surface area contributed by atoms with Gasteiger partial charge in [-0.3, -0.25) is 4.79 Å². The maximum absolute atomic E-state index is 13.4. The Labute approximate surface area is 100 Å². The Kier molecular flexibility index (Phi) is 4.24. The van der Waals surface area contributed by atoms with E-state index in [4.69, 9.17) is 11.6 Å². The molecule has 0 aromatic heterocycles. The lowest BCUT2D eigenvalue weighted by molar-refractivity contribution is -0.281. The molecule has 0 bridgehead atoms. The third-order valence-corrected chi connectivity index (χ3v) is 3.12. The number of nitrogens with zero attached hydrogens (tertiary/aromatic N) is 1. The van der Waals surface area contributed by atoms with Gasteiger partial charge >= 0.3 is 6.18 Å². The van der Waals surface area contributed by atoms with E-state index in [0.717, 1.165) is 4.90 Å². The van der Waals surface area contributed by atoms with E-state index in [0.29, 0.717) is 0 Å². The lowest BCUT2D eigenvalue weighted by Crippen LogP contribution is -2.52. The van der Waals surface area contributed by atoms with Gasteiger partial charge in [-0.05, 0) is 6.42 Å². The van der Waals surface area contributed by atoms with Crippen molar-refractivity contribution in [3.63, 3.8) is 0 Å². The highest BCUT2D eigenvalue weighted by Crippen LogP contribution is 2.40. The second-order valence-electron chi connectivity index (χ2n) is 3.94. The van der Waals surface area contributed by atoms with Gasteiger partial charge in [0.15, 0.2) is 5.60 Å². The number of carbonyl (C=O) groups excluding carboxylic acids is 1. The Balaban J connectivity index is 2.83. The molecule has 0 aromatic rings. The fourth-order valence-corrected chi connectivity index (χ4v) is 1.90. The number of likely N-dealkylation sites (tertiary alicyclic amines) is 1. The smallest absolute Gasteiger partial charge is 0.378 e. The zero-order chi connectivity index (χ0) is 13.3. The second-order valence-corrected chi connectivity index (χ2v) is 4.21. The van der Waals surface area contributed by atoms with Crippen LogP contribution in [0.3, 0.4) is 0 Å². The largest absolute Gasteiger partial charge is 0.420 e. The summed E-state index contributed by atoms with van der Waals surface area (Å²) in [6.07, 6.45) is -8.92. The normalized spacial score (nSPS) is 31.2. The van der Waals surface area contributed by atoms with E-state index in [1.165, 1.54) is 0 Å². The topological polar surface area (TPSA) is 40.5 Å². The van der Waals surface area contributed by atoms with Crippen molar-refractivity contribution in [2.75, 3.05) is 19.0 Å². The number of amides is 1. The third kappa shape index (κ3) is 2.82. The van der Waals surface area contributed by atoms with Crippen molar-refractivity contribution < 1.29 is 27.5 Å². The van der Waals surface area contributed by atoms with Crippen LogP contribution in [-0.2, 0) is 4.79 Å². The van der Waals surface area contributed by atoms with Crippen molar-refractivity contribution in [3.05, 3.63) is 0 Å². The monoisotopic (exact) mass is 277 g/mol. The molecule has 0 aromatic carbocycles.